The predicted octanol–water partition coefficient (Wildman–Crippen LogP) is 5.48. The fourth-order valence-corrected chi connectivity index (χ4v) is 5.40. The van der Waals surface area contributed by atoms with Crippen molar-refractivity contribution in [1.29, 1.82) is 0 Å². The minimum atomic E-state index is -0.249. The van der Waals surface area contributed by atoms with Gasteiger partial charge in [-0.1, -0.05) is 55.5 Å². The molecule has 5 nitrogen and oxygen atoms in total. The number of methoxy groups -OCH3 is 1. The summed E-state index contributed by atoms with van der Waals surface area (Å²) in [5, 5.41) is 1.27. The first-order valence-electron chi connectivity index (χ1n) is 11.2. The molecule has 1 amide bonds. The molecule has 3 aromatic rings. The van der Waals surface area contributed by atoms with E-state index in [1.54, 1.807) is 0 Å². The highest BCUT2D eigenvalue weighted by Crippen LogP contribution is 2.42. The van der Waals surface area contributed by atoms with Gasteiger partial charge in [0.2, 0.25) is 0 Å². The van der Waals surface area contributed by atoms with Crippen LogP contribution in [0.15, 0.2) is 54.6 Å². The van der Waals surface area contributed by atoms with Crippen molar-refractivity contribution in [2.24, 2.45) is 0 Å². The van der Waals surface area contributed by atoms with E-state index in [-0.39, 0.29) is 17.7 Å². The lowest BCUT2D eigenvalue weighted by Gasteiger charge is -2.43. The number of aromatic amines is 1. The summed E-state index contributed by atoms with van der Waals surface area (Å²) < 4.78 is 5.16. The number of hydrogen-bond donors (Lipinski definition) is 1. The normalized spacial score (nSPS) is 18.1. The van der Waals surface area contributed by atoms with Crippen LogP contribution in [0.1, 0.15) is 49.0 Å². The lowest BCUT2D eigenvalue weighted by molar-refractivity contribution is 0.0799. The molecule has 1 aliphatic heterocycles. The molecular formula is C26H33N3O2. The molecule has 1 aliphatic rings. The van der Waals surface area contributed by atoms with Crippen LogP contribution < -0.4 is 0 Å². The highest BCUT2D eigenvalue weighted by Gasteiger charge is 2.38. The Morgan fingerprint density at radius 1 is 1.16 bits per heavy atom. The molecule has 0 saturated heterocycles. The van der Waals surface area contributed by atoms with E-state index in [0.29, 0.717) is 6.54 Å². The molecule has 164 valence electrons. The minimum Gasteiger partial charge on any atom is -0.453 e. The molecular weight excluding hydrogens is 386 g/mol. The highest BCUT2D eigenvalue weighted by atomic mass is 16.5. The van der Waals surface area contributed by atoms with Gasteiger partial charge in [-0.05, 0) is 57.0 Å². The Balaban J connectivity index is 1.72. The van der Waals surface area contributed by atoms with Crippen molar-refractivity contribution in [2.45, 2.75) is 44.2 Å². The molecule has 2 unspecified atom stereocenters. The zero-order chi connectivity index (χ0) is 22.0. The molecule has 2 atom stereocenters. The molecule has 0 spiro atoms. The lowest BCUT2D eigenvalue weighted by Crippen LogP contribution is -2.44. The van der Waals surface area contributed by atoms with Crippen molar-refractivity contribution in [1.82, 2.24) is 14.8 Å². The van der Waals surface area contributed by atoms with Crippen molar-refractivity contribution < 1.29 is 9.53 Å². The summed E-state index contributed by atoms with van der Waals surface area (Å²) in [4.78, 5) is 20.5. The Kier molecular flexibility index (Phi) is 6.05. The van der Waals surface area contributed by atoms with E-state index < -0.39 is 0 Å². The van der Waals surface area contributed by atoms with E-state index in [9.17, 15) is 4.79 Å². The molecule has 0 saturated carbocycles. The van der Waals surface area contributed by atoms with Crippen LogP contribution in [0.3, 0.4) is 0 Å². The molecule has 0 aliphatic carbocycles. The van der Waals surface area contributed by atoms with Crippen molar-refractivity contribution in [3.8, 4) is 0 Å². The Hall–Kier alpha value is -2.79. The number of rotatable bonds is 6. The standard InChI is InChI=1S/C26H33N3O2/c1-5-26(28(2)3,19-11-7-6-8-12-19)17-15-23-24-21(16-18-29(23)25(30)31-4)20-13-9-10-14-22(20)27-24/h6-14,23,27H,5,15-18H2,1-4H3. The second-order valence-corrected chi connectivity index (χ2v) is 8.68. The number of ether oxygens (including phenoxy) is 1. The van der Waals surface area contributed by atoms with Crippen LogP contribution in [0.2, 0.25) is 0 Å². The summed E-state index contributed by atoms with van der Waals surface area (Å²) >= 11 is 0. The van der Waals surface area contributed by atoms with Gasteiger partial charge in [0.1, 0.15) is 0 Å². The summed E-state index contributed by atoms with van der Waals surface area (Å²) in [5.41, 5.74) is 4.87. The van der Waals surface area contributed by atoms with Gasteiger partial charge in [-0.15, -0.1) is 0 Å². The quantitative estimate of drug-likeness (QED) is 0.575. The monoisotopic (exact) mass is 419 g/mol. The average molecular weight is 420 g/mol. The van der Waals surface area contributed by atoms with E-state index in [2.05, 4.69) is 85.5 Å². The molecule has 31 heavy (non-hydrogen) atoms. The highest BCUT2D eigenvalue weighted by molar-refractivity contribution is 5.85. The Bertz CT molecular complexity index is 1040. The van der Waals surface area contributed by atoms with E-state index in [1.165, 1.54) is 23.6 Å². The average Bonchev–Trinajstić information content (AvgIpc) is 3.18. The summed E-state index contributed by atoms with van der Waals surface area (Å²) in [6.45, 7) is 2.93. The van der Waals surface area contributed by atoms with Gasteiger partial charge in [0.05, 0.1) is 13.2 Å². The molecule has 0 fully saturated rings. The number of fused-ring (bicyclic) bond motifs is 3. The number of benzene rings is 2. The van der Waals surface area contributed by atoms with Crippen molar-refractivity contribution in [2.75, 3.05) is 27.7 Å². The van der Waals surface area contributed by atoms with Crippen molar-refractivity contribution in [3.63, 3.8) is 0 Å². The van der Waals surface area contributed by atoms with Gasteiger partial charge in [0, 0.05) is 28.7 Å². The van der Waals surface area contributed by atoms with Gasteiger partial charge in [-0.3, -0.25) is 9.80 Å². The second-order valence-electron chi connectivity index (χ2n) is 8.68. The number of aromatic nitrogens is 1. The largest absolute Gasteiger partial charge is 0.453 e. The molecule has 1 aromatic heterocycles. The number of carbonyl (C=O) groups excluding carboxylic acids is 1. The number of H-pyrrole nitrogens is 1. The van der Waals surface area contributed by atoms with Gasteiger partial charge in [0.25, 0.3) is 0 Å². The van der Waals surface area contributed by atoms with Crippen molar-refractivity contribution >= 4 is 17.0 Å². The Morgan fingerprint density at radius 3 is 2.55 bits per heavy atom. The summed E-state index contributed by atoms with van der Waals surface area (Å²) in [5.74, 6) is 0. The van der Waals surface area contributed by atoms with Gasteiger partial charge in [-0.25, -0.2) is 4.79 Å². The molecule has 4 rings (SSSR count). The third-order valence-corrected chi connectivity index (χ3v) is 7.15. The molecule has 0 bridgehead atoms. The van der Waals surface area contributed by atoms with Gasteiger partial charge < -0.3 is 9.72 Å². The van der Waals surface area contributed by atoms with E-state index in [0.717, 1.165) is 36.9 Å². The van der Waals surface area contributed by atoms with Crippen molar-refractivity contribution in [3.05, 3.63) is 71.4 Å². The number of nitrogens with one attached hydrogen (secondary N) is 1. The zero-order valence-corrected chi connectivity index (χ0v) is 19.0. The zero-order valence-electron chi connectivity index (χ0n) is 19.0. The van der Waals surface area contributed by atoms with E-state index in [4.69, 9.17) is 4.74 Å². The Labute approximate surface area is 185 Å². The number of nitrogens with zero attached hydrogens (tertiary/aromatic N) is 2. The summed E-state index contributed by atoms with van der Waals surface area (Å²) in [6, 6.07) is 19.1. The van der Waals surface area contributed by atoms with Gasteiger partial charge in [-0.2, -0.15) is 0 Å². The number of carbonyl (C=O) groups is 1. The summed E-state index contributed by atoms with van der Waals surface area (Å²) in [7, 11) is 5.79. The second kappa shape index (κ2) is 8.75. The fraction of sp³-hybridized carbons (Fsp3) is 0.423. The maximum absolute atomic E-state index is 12.7. The first-order chi connectivity index (χ1) is 15.0. The third kappa shape index (κ3) is 3.72. The van der Waals surface area contributed by atoms with Crippen LogP contribution in [-0.4, -0.2) is 48.6 Å². The van der Waals surface area contributed by atoms with Crippen LogP contribution in [0.5, 0.6) is 0 Å². The van der Waals surface area contributed by atoms with Gasteiger partial charge >= 0.3 is 6.09 Å². The molecule has 5 heteroatoms. The fourth-order valence-electron chi connectivity index (χ4n) is 5.40. The SMILES string of the molecule is CCC(CCC1c2[nH]c3ccccc3c2CCN1C(=O)OC)(c1ccccc1)N(C)C. The summed E-state index contributed by atoms with van der Waals surface area (Å²) in [6.07, 6.45) is 3.38. The first kappa shape index (κ1) is 21.4. The molecule has 2 heterocycles. The van der Waals surface area contributed by atoms with Crippen LogP contribution in [0, 0.1) is 0 Å². The number of hydrogen-bond acceptors (Lipinski definition) is 3. The molecule has 1 N–H and O–H groups in total. The smallest absolute Gasteiger partial charge is 0.410 e. The van der Waals surface area contributed by atoms with E-state index in [1.807, 2.05) is 4.90 Å². The third-order valence-electron chi connectivity index (χ3n) is 7.15. The molecule has 2 aromatic carbocycles. The van der Waals surface area contributed by atoms with Gasteiger partial charge in [0.15, 0.2) is 0 Å². The first-order valence-corrected chi connectivity index (χ1v) is 11.2. The number of para-hydroxylation sites is 1. The number of amides is 1. The molecule has 0 radical (unpaired) electrons. The van der Waals surface area contributed by atoms with Crippen LogP contribution >= 0.6 is 0 Å². The Morgan fingerprint density at radius 2 is 1.87 bits per heavy atom. The van der Waals surface area contributed by atoms with Crippen LogP contribution in [0.4, 0.5) is 4.79 Å². The minimum absolute atomic E-state index is 0.0295. The van der Waals surface area contributed by atoms with E-state index >= 15 is 0 Å². The topological polar surface area (TPSA) is 48.6 Å². The van der Waals surface area contributed by atoms with Crippen LogP contribution in [-0.2, 0) is 16.7 Å². The maximum Gasteiger partial charge on any atom is 0.410 e. The van der Waals surface area contributed by atoms with Crippen LogP contribution in [0.25, 0.3) is 10.9 Å². The lowest BCUT2D eigenvalue weighted by atomic mass is 9.79. The maximum atomic E-state index is 12.7. The predicted molar refractivity (Wildman–Crippen MR) is 125 cm³/mol.